The number of nitrogens with one attached hydrogen (secondary N) is 1. The molecule has 1 saturated heterocycles. The molecule has 1 heterocycles. The maximum atomic E-state index is 13.2. The number of imide groups is 2. The molecule has 0 saturated carbocycles. The van der Waals surface area contributed by atoms with Crippen LogP contribution in [0.15, 0.2) is 81.7 Å². The van der Waals surface area contributed by atoms with Crippen molar-refractivity contribution >= 4 is 55.7 Å². The van der Waals surface area contributed by atoms with Crippen molar-refractivity contribution in [2.24, 2.45) is 0 Å². The van der Waals surface area contributed by atoms with Crippen molar-refractivity contribution in [3.8, 4) is 11.5 Å². The van der Waals surface area contributed by atoms with E-state index in [1.165, 1.54) is 49.6 Å². The summed E-state index contributed by atoms with van der Waals surface area (Å²) in [6.07, 6.45) is 1.17. The molecule has 0 bridgehead atoms. The maximum Gasteiger partial charge on any atom is 0.339 e. The van der Waals surface area contributed by atoms with Crippen molar-refractivity contribution in [3.63, 3.8) is 0 Å². The van der Waals surface area contributed by atoms with Crippen LogP contribution in [0.3, 0.4) is 0 Å². The zero-order chi connectivity index (χ0) is 26.0. The first kappa shape index (κ1) is 25.1. The Morgan fingerprint density at radius 1 is 0.944 bits per heavy atom. The summed E-state index contributed by atoms with van der Waals surface area (Å²) >= 11 is 3.30. The summed E-state index contributed by atoms with van der Waals surface area (Å²) in [7, 11) is -2.73. The molecule has 0 aromatic heterocycles. The predicted molar refractivity (Wildman–Crippen MR) is 135 cm³/mol. The van der Waals surface area contributed by atoms with Crippen molar-refractivity contribution in [1.82, 2.24) is 5.32 Å². The SMILES string of the molecule is COc1ccc(N2C(=O)NC(=O)/C(=C\c3cc(Br)ccc3OS(=O)(=O)c3ccc(C)cc3)C2=O)cc1. The summed E-state index contributed by atoms with van der Waals surface area (Å²) in [6.45, 7) is 1.82. The normalized spacial score (nSPS) is 15.1. The van der Waals surface area contributed by atoms with Gasteiger partial charge in [0.15, 0.2) is 0 Å². The number of ether oxygens (including phenoxy) is 1. The highest BCUT2D eigenvalue weighted by Crippen LogP contribution is 2.30. The number of amides is 4. The molecule has 4 rings (SSSR count). The predicted octanol–water partition coefficient (Wildman–Crippen LogP) is 4.20. The van der Waals surface area contributed by atoms with Crippen LogP contribution in [0.2, 0.25) is 0 Å². The minimum absolute atomic E-state index is 0.0580. The molecule has 0 radical (unpaired) electrons. The van der Waals surface area contributed by atoms with Gasteiger partial charge in [0.2, 0.25) is 0 Å². The van der Waals surface area contributed by atoms with Crippen molar-refractivity contribution in [2.75, 3.05) is 12.0 Å². The fraction of sp³-hybridized carbons (Fsp3) is 0.0800. The lowest BCUT2D eigenvalue weighted by Crippen LogP contribution is -2.54. The van der Waals surface area contributed by atoms with Gasteiger partial charge in [0.25, 0.3) is 11.8 Å². The number of carbonyl (C=O) groups is 3. The molecule has 0 atom stereocenters. The van der Waals surface area contributed by atoms with Crippen LogP contribution in [-0.2, 0) is 19.7 Å². The lowest BCUT2D eigenvalue weighted by molar-refractivity contribution is -0.122. The van der Waals surface area contributed by atoms with E-state index in [4.69, 9.17) is 8.92 Å². The number of benzene rings is 3. The molecule has 4 amide bonds. The van der Waals surface area contributed by atoms with E-state index in [1.807, 2.05) is 6.92 Å². The molecule has 3 aromatic carbocycles. The molecular weight excluding hydrogens is 552 g/mol. The number of hydrogen-bond acceptors (Lipinski definition) is 7. The first-order valence-corrected chi connectivity index (χ1v) is 12.7. The second kappa shape index (κ2) is 9.96. The van der Waals surface area contributed by atoms with Crippen LogP contribution < -0.4 is 19.1 Å². The van der Waals surface area contributed by atoms with E-state index >= 15 is 0 Å². The van der Waals surface area contributed by atoms with Gasteiger partial charge >= 0.3 is 16.1 Å². The molecule has 1 aliphatic rings. The van der Waals surface area contributed by atoms with E-state index in [0.29, 0.717) is 10.2 Å². The fourth-order valence-corrected chi connectivity index (χ4v) is 4.69. The summed E-state index contributed by atoms with van der Waals surface area (Å²) in [5.74, 6) is -1.41. The Hall–Kier alpha value is -3.96. The number of methoxy groups -OCH3 is 1. The lowest BCUT2D eigenvalue weighted by atomic mass is 10.1. The summed E-state index contributed by atoms with van der Waals surface area (Å²) < 4.78 is 36.7. The standard InChI is InChI=1S/C25H19BrN2O7S/c1-15-3-10-20(11-4-15)36(32,33)35-22-12-5-17(26)13-16(22)14-21-23(29)27-25(31)28(24(21)30)18-6-8-19(34-2)9-7-18/h3-14H,1-2H3,(H,27,29,31)/b21-14+. The fourth-order valence-electron chi connectivity index (χ4n) is 3.36. The van der Waals surface area contributed by atoms with Gasteiger partial charge in [-0.1, -0.05) is 33.6 Å². The van der Waals surface area contributed by atoms with Crippen molar-refractivity contribution in [2.45, 2.75) is 11.8 Å². The highest BCUT2D eigenvalue weighted by molar-refractivity contribution is 9.10. The average Bonchev–Trinajstić information content (AvgIpc) is 2.84. The third kappa shape index (κ3) is 5.16. The summed E-state index contributed by atoms with van der Waals surface area (Å²) in [5.41, 5.74) is 0.828. The summed E-state index contributed by atoms with van der Waals surface area (Å²) in [6, 6.07) is 15.7. The molecule has 36 heavy (non-hydrogen) atoms. The first-order valence-electron chi connectivity index (χ1n) is 10.5. The quantitative estimate of drug-likeness (QED) is 0.268. The average molecular weight is 571 g/mol. The number of carbonyl (C=O) groups excluding carboxylic acids is 3. The smallest absolute Gasteiger partial charge is 0.339 e. The monoisotopic (exact) mass is 570 g/mol. The third-order valence-corrected chi connectivity index (χ3v) is 6.95. The molecule has 0 aliphatic carbocycles. The summed E-state index contributed by atoms with van der Waals surface area (Å²) in [4.78, 5) is 39.0. The lowest BCUT2D eigenvalue weighted by Gasteiger charge is -2.26. The summed E-state index contributed by atoms with van der Waals surface area (Å²) in [5, 5.41) is 2.13. The van der Waals surface area contributed by atoms with Crippen LogP contribution in [0, 0.1) is 6.92 Å². The second-order valence-corrected chi connectivity index (χ2v) is 10.2. The van der Waals surface area contributed by atoms with E-state index in [1.54, 1.807) is 30.3 Å². The van der Waals surface area contributed by atoms with Gasteiger partial charge in [-0.15, -0.1) is 0 Å². The third-order valence-electron chi connectivity index (χ3n) is 5.21. The molecule has 1 N–H and O–H groups in total. The van der Waals surface area contributed by atoms with Crippen LogP contribution >= 0.6 is 15.9 Å². The number of hydrogen-bond donors (Lipinski definition) is 1. The van der Waals surface area contributed by atoms with Crippen LogP contribution in [0.4, 0.5) is 10.5 Å². The van der Waals surface area contributed by atoms with Crippen LogP contribution in [0.25, 0.3) is 6.08 Å². The highest BCUT2D eigenvalue weighted by Gasteiger charge is 2.37. The van der Waals surface area contributed by atoms with Gasteiger partial charge in [-0.2, -0.15) is 8.42 Å². The van der Waals surface area contributed by atoms with Gasteiger partial charge in [0.05, 0.1) is 12.8 Å². The Morgan fingerprint density at radius 2 is 1.61 bits per heavy atom. The van der Waals surface area contributed by atoms with E-state index in [-0.39, 0.29) is 27.5 Å². The van der Waals surface area contributed by atoms with E-state index in [2.05, 4.69) is 21.2 Å². The molecular formula is C25H19BrN2O7S. The van der Waals surface area contributed by atoms with E-state index < -0.39 is 28.0 Å². The molecule has 9 nitrogen and oxygen atoms in total. The Morgan fingerprint density at radius 3 is 2.25 bits per heavy atom. The Kier molecular flexibility index (Phi) is 6.95. The van der Waals surface area contributed by atoms with Gasteiger partial charge in [-0.05, 0) is 67.6 Å². The number of rotatable bonds is 6. The van der Waals surface area contributed by atoms with Gasteiger partial charge in [-0.3, -0.25) is 14.9 Å². The number of anilines is 1. The zero-order valence-electron chi connectivity index (χ0n) is 19.0. The minimum Gasteiger partial charge on any atom is -0.497 e. The molecule has 11 heteroatoms. The van der Waals surface area contributed by atoms with Gasteiger partial charge in [0.1, 0.15) is 22.0 Å². The number of nitrogens with zero attached hydrogens (tertiary/aromatic N) is 1. The van der Waals surface area contributed by atoms with Gasteiger partial charge in [0, 0.05) is 10.0 Å². The Labute approximate surface area is 215 Å². The van der Waals surface area contributed by atoms with Crippen molar-refractivity contribution in [1.29, 1.82) is 0 Å². The molecule has 1 aliphatic heterocycles. The molecule has 184 valence electrons. The maximum absolute atomic E-state index is 13.2. The van der Waals surface area contributed by atoms with Crippen LogP contribution in [-0.4, -0.2) is 33.4 Å². The number of halogens is 1. The topological polar surface area (TPSA) is 119 Å². The molecule has 0 spiro atoms. The number of aryl methyl sites for hydroxylation is 1. The molecule has 1 fully saturated rings. The highest BCUT2D eigenvalue weighted by atomic mass is 79.9. The van der Waals surface area contributed by atoms with Crippen LogP contribution in [0.1, 0.15) is 11.1 Å². The largest absolute Gasteiger partial charge is 0.497 e. The van der Waals surface area contributed by atoms with Gasteiger partial charge < -0.3 is 8.92 Å². The minimum atomic E-state index is -4.21. The number of barbiturate groups is 1. The Balaban J connectivity index is 1.73. The van der Waals surface area contributed by atoms with Gasteiger partial charge in [-0.25, -0.2) is 9.69 Å². The second-order valence-electron chi connectivity index (χ2n) is 7.69. The van der Waals surface area contributed by atoms with E-state index in [0.717, 1.165) is 10.5 Å². The molecule has 3 aromatic rings. The van der Waals surface area contributed by atoms with Crippen LogP contribution in [0.5, 0.6) is 11.5 Å². The first-order chi connectivity index (χ1) is 17.1. The Bertz CT molecular complexity index is 1500. The van der Waals surface area contributed by atoms with E-state index in [9.17, 15) is 22.8 Å². The van der Waals surface area contributed by atoms with Crippen molar-refractivity contribution < 1.29 is 31.7 Å². The number of urea groups is 1. The van der Waals surface area contributed by atoms with Crippen molar-refractivity contribution in [3.05, 3.63) is 87.9 Å². The zero-order valence-corrected chi connectivity index (χ0v) is 21.4. The molecule has 0 unspecified atom stereocenters.